The smallest absolute Gasteiger partial charge is 0.255 e. The van der Waals surface area contributed by atoms with Gasteiger partial charge in [-0.1, -0.05) is 28.1 Å². The highest BCUT2D eigenvalue weighted by Crippen LogP contribution is 2.31. The summed E-state index contributed by atoms with van der Waals surface area (Å²) < 4.78 is 11.8. The number of amides is 2. The van der Waals surface area contributed by atoms with Gasteiger partial charge in [-0.3, -0.25) is 9.59 Å². The van der Waals surface area contributed by atoms with E-state index in [2.05, 4.69) is 42.4 Å². The van der Waals surface area contributed by atoms with Crippen molar-refractivity contribution in [2.45, 2.75) is 13.3 Å². The molecule has 4 rings (SSSR count). The fourth-order valence-electron chi connectivity index (χ4n) is 4.57. The topological polar surface area (TPSA) is 83.1 Å². The number of benzene rings is 3. The van der Waals surface area contributed by atoms with E-state index in [4.69, 9.17) is 9.47 Å². The molecule has 0 saturated carbocycles. The first-order valence-corrected chi connectivity index (χ1v) is 14.0. The highest BCUT2D eigenvalue weighted by molar-refractivity contribution is 9.10. The van der Waals surface area contributed by atoms with Crippen LogP contribution in [0.5, 0.6) is 5.75 Å². The Bertz CT molecular complexity index is 1260. The van der Waals surface area contributed by atoms with E-state index in [0.29, 0.717) is 36.6 Å². The lowest BCUT2D eigenvalue weighted by Crippen LogP contribution is -2.47. The van der Waals surface area contributed by atoms with Crippen LogP contribution in [0.15, 0.2) is 71.2 Å². The first-order chi connectivity index (χ1) is 19.0. The number of halogens is 1. The van der Waals surface area contributed by atoms with Crippen molar-refractivity contribution in [3.8, 4) is 5.75 Å². The van der Waals surface area contributed by atoms with Gasteiger partial charge in [0.05, 0.1) is 18.4 Å². The van der Waals surface area contributed by atoms with Crippen molar-refractivity contribution in [2.24, 2.45) is 0 Å². The number of carbonyl (C=O) groups excluding carboxylic acids is 2. The number of nitrogens with one attached hydrogen (secondary N) is 2. The number of para-hydroxylation sites is 2. The van der Waals surface area contributed by atoms with E-state index in [9.17, 15) is 9.59 Å². The fourth-order valence-corrected chi connectivity index (χ4v) is 4.84. The number of anilines is 3. The lowest BCUT2D eigenvalue weighted by Gasteiger charge is -2.38. The van der Waals surface area contributed by atoms with Crippen LogP contribution in [-0.2, 0) is 4.74 Å². The van der Waals surface area contributed by atoms with Crippen LogP contribution in [-0.4, -0.2) is 64.9 Å². The molecule has 1 saturated heterocycles. The first kappa shape index (κ1) is 28.4. The molecule has 0 unspecified atom stereocenters. The number of piperazine rings is 1. The van der Waals surface area contributed by atoms with Crippen LogP contribution >= 0.6 is 15.9 Å². The molecule has 0 aromatic heterocycles. The zero-order chi connectivity index (χ0) is 27.6. The largest absolute Gasteiger partial charge is 0.495 e. The molecule has 206 valence electrons. The van der Waals surface area contributed by atoms with Gasteiger partial charge < -0.3 is 29.9 Å². The Morgan fingerprint density at radius 1 is 0.897 bits per heavy atom. The van der Waals surface area contributed by atoms with Crippen LogP contribution in [0.1, 0.15) is 34.1 Å². The van der Waals surface area contributed by atoms with Gasteiger partial charge in [0, 0.05) is 67.3 Å². The van der Waals surface area contributed by atoms with Crippen LogP contribution in [0.3, 0.4) is 0 Å². The normalized spacial score (nSPS) is 13.2. The molecule has 2 N–H and O–H groups in total. The van der Waals surface area contributed by atoms with Crippen molar-refractivity contribution in [3.63, 3.8) is 0 Å². The molecule has 3 aromatic carbocycles. The monoisotopic (exact) mass is 594 g/mol. The Kier molecular flexibility index (Phi) is 10.2. The van der Waals surface area contributed by atoms with Gasteiger partial charge in [-0.15, -0.1) is 0 Å². The Hall–Kier alpha value is -3.56. The average Bonchev–Trinajstić information content (AvgIpc) is 2.97. The summed E-state index contributed by atoms with van der Waals surface area (Å²) in [4.78, 5) is 30.7. The maximum absolute atomic E-state index is 13.3. The van der Waals surface area contributed by atoms with Crippen molar-refractivity contribution in [1.82, 2.24) is 5.32 Å². The van der Waals surface area contributed by atoms with E-state index in [0.717, 1.165) is 54.2 Å². The lowest BCUT2D eigenvalue weighted by molar-refractivity contribution is 0.0943. The molecular weight excluding hydrogens is 560 g/mol. The minimum atomic E-state index is -0.233. The second-order valence-electron chi connectivity index (χ2n) is 9.15. The van der Waals surface area contributed by atoms with Gasteiger partial charge in [0.2, 0.25) is 0 Å². The third-order valence-electron chi connectivity index (χ3n) is 6.61. The van der Waals surface area contributed by atoms with Crippen LogP contribution in [0, 0.1) is 0 Å². The molecule has 0 aliphatic carbocycles. The number of hydrogen-bond donors (Lipinski definition) is 2. The molecule has 0 atom stereocenters. The standard InChI is InChI=1S/C30H35BrN4O4/c1-3-39-20-6-15-32-30(37)25-21-24(33-29(36)22-9-11-23(31)12-10-22)13-14-26(25)34-16-18-35(19-17-34)27-7-4-5-8-28(27)38-2/h4-5,7-14,21H,3,6,15-20H2,1-2H3,(H,32,37)(H,33,36). The summed E-state index contributed by atoms with van der Waals surface area (Å²) in [6, 6.07) is 20.7. The van der Waals surface area contributed by atoms with Crippen LogP contribution in [0.25, 0.3) is 0 Å². The maximum atomic E-state index is 13.3. The van der Waals surface area contributed by atoms with Crippen LogP contribution < -0.4 is 25.2 Å². The summed E-state index contributed by atoms with van der Waals surface area (Å²) in [5, 5.41) is 5.95. The third kappa shape index (κ3) is 7.52. The van der Waals surface area contributed by atoms with E-state index in [1.165, 1.54) is 0 Å². The van der Waals surface area contributed by atoms with E-state index >= 15 is 0 Å². The Morgan fingerprint density at radius 2 is 1.59 bits per heavy atom. The molecule has 0 bridgehead atoms. The number of methoxy groups -OCH3 is 1. The number of rotatable bonds is 11. The summed E-state index contributed by atoms with van der Waals surface area (Å²) in [7, 11) is 1.69. The van der Waals surface area contributed by atoms with Crippen LogP contribution in [0.2, 0.25) is 0 Å². The molecule has 1 aliphatic rings. The zero-order valence-electron chi connectivity index (χ0n) is 22.4. The highest BCUT2D eigenvalue weighted by atomic mass is 79.9. The summed E-state index contributed by atoms with van der Waals surface area (Å²) in [6.07, 6.45) is 0.729. The SMILES string of the molecule is CCOCCCNC(=O)c1cc(NC(=O)c2ccc(Br)cc2)ccc1N1CCN(c2ccccc2OC)CC1. The quantitative estimate of drug-likeness (QED) is 0.297. The number of carbonyl (C=O) groups is 2. The second kappa shape index (κ2) is 14.0. The van der Waals surface area contributed by atoms with E-state index in [1.807, 2.05) is 49.4 Å². The fraction of sp³-hybridized carbons (Fsp3) is 0.333. The number of hydrogen-bond acceptors (Lipinski definition) is 6. The third-order valence-corrected chi connectivity index (χ3v) is 7.14. The molecule has 1 fully saturated rings. The van der Waals surface area contributed by atoms with Gasteiger partial charge in [-0.05, 0) is 67.9 Å². The summed E-state index contributed by atoms with van der Waals surface area (Å²) in [5.74, 6) is 0.445. The Balaban J connectivity index is 1.51. The maximum Gasteiger partial charge on any atom is 0.255 e. The second-order valence-corrected chi connectivity index (χ2v) is 10.1. The summed E-state index contributed by atoms with van der Waals surface area (Å²) in [5.41, 5.74) is 3.55. The molecule has 3 aromatic rings. The Labute approximate surface area is 238 Å². The molecular formula is C30H35BrN4O4. The minimum absolute atomic E-state index is 0.173. The molecule has 9 heteroatoms. The molecule has 0 spiro atoms. The predicted octanol–water partition coefficient (Wildman–Crippen LogP) is 5.19. The predicted molar refractivity (Wildman–Crippen MR) is 159 cm³/mol. The van der Waals surface area contributed by atoms with Gasteiger partial charge in [0.1, 0.15) is 5.75 Å². The minimum Gasteiger partial charge on any atom is -0.495 e. The van der Waals surface area contributed by atoms with E-state index in [1.54, 1.807) is 25.3 Å². The van der Waals surface area contributed by atoms with E-state index in [-0.39, 0.29) is 11.8 Å². The molecule has 0 radical (unpaired) electrons. The average molecular weight is 596 g/mol. The van der Waals surface area contributed by atoms with Crippen LogP contribution in [0.4, 0.5) is 17.1 Å². The highest BCUT2D eigenvalue weighted by Gasteiger charge is 2.24. The van der Waals surface area contributed by atoms with Crippen molar-refractivity contribution in [2.75, 3.05) is 68.2 Å². The van der Waals surface area contributed by atoms with Crippen molar-refractivity contribution in [1.29, 1.82) is 0 Å². The molecule has 1 heterocycles. The van der Waals surface area contributed by atoms with Gasteiger partial charge in [0.15, 0.2) is 0 Å². The molecule has 1 aliphatic heterocycles. The first-order valence-electron chi connectivity index (χ1n) is 13.2. The molecule has 2 amide bonds. The summed E-state index contributed by atoms with van der Waals surface area (Å²) in [6.45, 7) is 6.77. The molecule has 39 heavy (non-hydrogen) atoms. The van der Waals surface area contributed by atoms with Gasteiger partial charge in [0.25, 0.3) is 11.8 Å². The van der Waals surface area contributed by atoms with Gasteiger partial charge in [-0.25, -0.2) is 0 Å². The zero-order valence-corrected chi connectivity index (χ0v) is 24.0. The van der Waals surface area contributed by atoms with Crippen molar-refractivity contribution in [3.05, 3.63) is 82.3 Å². The Morgan fingerprint density at radius 3 is 2.28 bits per heavy atom. The number of nitrogens with zero attached hydrogens (tertiary/aromatic N) is 2. The lowest BCUT2D eigenvalue weighted by atomic mass is 10.1. The van der Waals surface area contributed by atoms with E-state index < -0.39 is 0 Å². The van der Waals surface area contributed by atoms with Gasteiger partial charge >= 0.3 is 0 Å². The summed E-state index contributed by atoms with van der Waals surface area (Å²) >= 11 is 3.39. The van der Waals surface area contributed by atoms with Crippen molar-refractivity contribution < 1.29 is 19.1 Å². The molecule has 8 nitrogen and oxygen atoms in total. The number of ether oxygens (including phenoxy) is 2. The van der Waals surface area contributed by atoms with Crippen molar-refractivity contribution >= 4 is 44.8 Å². The van der Waals surface area contributed by atoms with Gasteiger partial charge in [-0.2, -0.15) is 0 Å².